The first-order valence-corrected chi connectivity index (χ1v) is 7.39. The lowest BCUT2D eigenvalue weighted by Crippen LogP contribution is -2.27. The first-order chi connectivity index (χ1) is 9.92. The molecule has 0 bridgehead atoms. The van der Waals surface area contributed by atoms with Crippen LogP contribution in [0.5, 0.6) is 5.75 Å². The van der Waals surface area contributed by atoms with Gasteiger partial charge in [0.25, 0.3) is 0 Å². The molecule has 0 aromatic heterocycles. The van der Waals surface area contributed by atoms with Crippen LogP contribution in [0.4, 0.5) is 10.5 Å². The van der Waals surface area contributed by atoms with E-state index < -0.39 is 11.7 Å². The van der Waals surface area contributed by atoms with E-state index in [9.17, 15) is 4.79 Å². The number of benzene rings is 1. The molecule has 0 saturated heterocycles. The molecule has 116 valence electrons. The maximum Gasteiger partial charge on any atom is 0.412 e. The number of hydrogen-bond acceptors (Lipinski definition) is 4. The standard InChI is InChI=1S/C16H24N2O3/c1-16(2,3)21-15(19)18-13-5-4-6-14(11-13)20-10-9-17-12-7-8-12/h4-6,11-12,17H,7-10H2,1-3H3,(H,18,19). The van der Waals surface area contributed by atoms with Crippen LogP contribution in [0.25, 0.3) is 0 Å². The highest BCUT2D eigenvalue weighted by molar-refractivity contribution is 5.85. The molecule has 2 rings (SSSR count). The summed E-state index contributed by atoms with van der Waals surface area (Å²) in [5.74, 6) is 0.737. The molecule has 5 heteroatoms. The Balaban J connectivity index is 1.77. The van der Waals surface area contributed by atoms with Crippen molar-refractivity contribution < 1.29 is 14.3 Å². The maximum atomic E-state index is 11.7. The van der Waals surface area contributed by atoms with Gasteiger partial charge >= 0.3 is 6.09 Å². The van der Waals surface area contributed by atoms with Gasteiger partial charge in [0.1, 0.15) is 18.0 Å². The molecule has 1 aromatic rings. The van der Waals surface area contributed by atoms with Gasteiger partial charge in [-0.15, -0.1) is 0 Å². The molecule has 0 aliphatic heterocycles. The van der Waals surface area contributed by atoms with E-state index in [0.717, 1.165) is 12.3 Å². The van der Waals surface area contributed by atoms with E-state index in [2.05, 4.69) is 10.6 Å². The lowest BCUT2D eigenvalue weighted by atomic mass is 10.2. The molecule has 2 N–H and O–H groups in total. The van der Waals surface area contributed by atoms with Crippen LogP contribution < -0.4 is 15.4 Å². The number of carbonyl (C=O) groups excluding carboxylic acids is 1. The first kappa shape index (κ1) is 15.6. The summed E-state index contributed by atoms with van der Waals surface area (Å²) in [6, 6.07) is 8.00. The highest BCUT2D eigenvalue weighted by Gasteiger charge is 2.19. The van der Waals surface area contributed by atoms with E-state index in [1.165, 1.54) is 12.8 Å². The van der Waals surface area contributed by atoms with E-state index >= 15 is 0 Å². The Kier molecular flexibility index (Phi) is 5.07. The molecule has 0 heterocycles. The predicted octanol–water partition coefficient (Wildman–Crippen LogP) is 3.16. The zero-order chi connectivity index (χ0) is 15.3. The minimum Gasteiger partial charge on any atom is -0.492 e. The number of nitrogens with one attached hydrogen (secondary N) is 2. The van der Waals surface area contributed by atoms with Crippen LogP contribution >= 0.6 is 0 Å². The average Bonchev–Trinajstić information content (AvgIpc) is 3.16. The third-order valence-electron chi connectivity index (χ3n) is 2.86. The van der Waals surface area contributed by atoms with Crippen molar-refractivity contribution in [1.29, 1.82) is 0 Å². The quantitative estimate of drug-likeness (QED) is 0.791. The van der Waals surface area contributed by atoms with Crippen molar-refractivity contribution in [3.8, 4) is 5.75 Å². The third-order valence-corrected chi connectivity index (χ3v) is 2.86. The molecule has 0 atom stereocenters. The van der Waals surface area contributed by atoms with E-state index in [0.29, 0.717) is 18.3 Å². The smallest absolute Gasteiger partial charge is 0.412 e. The summed E-state index contributed by atoms with van der Waals surface area (Å²) in [5.41, 5.74) is 0.157. The Bertz CT molecular complexity index is 479. The SMILES string of the molecule is CC(C)(C)OC(=O)Nc1cccc(OCCNC2CC2)c1. The Morgan fingerprint density at radius 3 is 2.76 bits per heavy atom. The van der Waals surface area contributed by atoms with Crippen LogP contribution in [-0.2, 0) is 4.74 Å². The number of anilines is 1. The lowest BCUT2D eigenvalue weighted by Gasteiger charge is -2.19. The molecule has 1 saturated carbocycles. The second-order valence-electron chi connectivity index (χ2n) is 6.23. The number of amides is 1. The summed E-state index contributed by atoms with van der Waals surface area (Å²) < 4.78 is 10.9. The topological polar surface area (TPSA) is 59.6 Å². The maximum absolute atomic E-state index is 11.7. The first-order valence-electron chi connectivity index (χ1n) is 7.39. The fourth-order valence-electron chi connectivity index (χ4n) is 1.80. The number of hydrogen-bond donors (Lipinski definition) is 2. The van der Waals surface area contributed by atoms with Gasteiger partial charge in [0.05, 0.1) is 0 Å². The summed E-state index contributed by atoms with van der Waals surface area (Å²) in [6.45, 7) is 6.96. The zero-order valence-electron chi connectivity index (χ0n) is 12.9. The van der Waals surface area contributed by atoms with Gasteiger partial charge in [0, 0.05) is 24.3 Å². The Morgan fingerprint density at radius 2 is 2.10 bits per heavy atom. The molecular weight excluding hydrogens is 268 g/mol. The minimum atomic E-state index is -0.507. The van der Waals surface area contributed by atoms with E-state index in [1.807, 2.05) is 32.9 Å². The van der Waals surface area contributed by atoms with Gasteiger partial charge in [0.2, 0.25) is 0 Å². The fraction of sp³-hybridized carbons (Fsp3) is 0.562. The Hall–Kier alpha value is -1.75. The Labute approximate surface area is 126 Å². The van der Waals surface area contributed by atoms with Crippen LogP contribution in [0.15, 0.2) is 24.3 Å². The highest BCUT2D eigenvalue weighted by Crippen LogP contribution is 2.19. The molecule has 0 radical (unpaired) electrons. The zero-order valence-corrected chi connectivity index (χ0v) is 12.9. The second kappa shape index (κ2) is 6.80. The second-order valence-corrected chi connectivity index (χ2v) is 6.23. The van der Waals surface area contributed by atoms with Crippen LogP contribution in [0, 0.1) is 0 Å². The van der Waals surface area contributed by atoms with Crippen LogP contribution in [0.3, 0.4) is 0 Å². The summed E-state index contributed by atoms with van der Waals surface area (Å²) in [7, 11) is 0. The molecule has 1 aliphatic rings. The van der Waals surface area contributed by atoms with E-state index in [-0.39, 0.29) is 0 Å². The normalized spacial score (nSPS) is 14.6. The van der Waals surface area contributed by atoms with Crippen molar-refractivity contribution in [2.75, 3.05) is 18.5 Å². The van der Waals surface area contributed by atoms with Gasteiger partial charge in [-0.1, -0.05) is 6.07 Å². The monoisotopic (exact) mass is 292 g/mol. The van der Waals surface area contributed by atoms with Gasteiger partial charge in [-0.2, -0.15) is 0 Å². The Morgan fingerprint density at radius 1 is 1.33 bits per heavy atom. The molecule has 21 heavy (non-hydrogen) atoms. The van der Waals surface area contributed by atoms with Crippen molar-refractivity contribution in [3.05, 3.63) is 24.3 Å². The molecule has 0 unspecified atom stereocenters. The molecule has 1 aliphatic carbocycles. The van der Waals surface area contributed by atoms with E-state index in [1.54, 1.807) is 12.1 Å². The average molecular weight is 292 g/mol. The summed E-state index contributed by atoms with van der Waals surface area (Å²) in [6.07, 6.45) is 2.08. The lowest BCUT2D eigenvalue weighted by molar-refractivity contribution is 0.0636. The van der Waals surface area contributed by atoms with Gasteiger partial charge in [-0.05, 0) is 45.7 Å². The van der Waals surface area contributed by atoms with Crippen LogP contribution in [-0.4, -0.2) is 30.9 Å². The number of carbonyl (C=O) groups is 1. The number of rotatable bonds is 6. The number of ether oxygens (including phenoxy) is 2. The third kappa shape index (κ3) is 6.49. The highest BCUT2D eigenvalue weighted by atomic mass is 16.6. The van der Waals surface area contributed by atoms with Crippen LogP contribution in [0.2, 0.25) is 0 Å². The molecule has 0 spiro atoms. The molecule has 1 fully saturated rings. The van der Waals surface area contributed by atoms with Crippen molar-refractivity contribution in [3.63, 3.8) is 0 Å². The molecule has 1 aromatic carbocycles. The van der Waals surface area contributed by atoms with Crippen molar-refractivity contribution in [2.45, 2.75) is 45.3 Å². The van der Waals surface area contributed by atoms with Gasteiger partial charge < -0.3 is 14.8 Å². The largest absolute Gasteiger partial charge is 0.492 e. The van der Waals surface area contributed by atoms with Crippen molar-refractivity contribution in [2.24, 2.45) is 0 Å². The molecule has 1 amide bonds. The predicted molar refractivity (Wildman–Crippen MR) is 82.8 cm³/mol. The van der Waals surface area contributed by atoms with Crippen molar-refractivity contribution in [1.82, 2.24) is 5.32 Å². The van der Waals surface area contributed by atoms with Gasteiger partial charge in [-0.3, -0.25) is 5.32 Å². The summed E-state index contributed by atoms with van der Waals surface area (Å²) in [5, 5.41) is 6.09. The summed E-state index contributed by atoms with van der Waals surface area (Å²) >= 11 is 0. The van der Waals surface area contributed by atoms with Gasteiger partial charge in [-0.25, -0.2) is 4.79 Å². The molecule has 5 nitrogen and oxygen atoms in total. The molecular formula is C16H24N2O3. The summed E-state index contributed by atoms with van der Waals surface area (Å²) in [4.78, 5) is 11.7. The van der Waals surface area contributed by atoms with Gasteiger partial charge in [0.15, 0.2) is 0 Å². The fourth-order valence-corrected chi connectivity index (χ4v) is 1.80. The van der Waals surface area contributed by atoms with E-state index in [4.69, 9.17) is 9.47 Å². The minimum absolute atomic E-state index is 0.463. The van der Waals surface area contributed by atoms with Crippen molar-refractivity contribution >= 4 is 11.8 Å². The van der Waals surface area contributed by atoms with Crippen LogP contribution in [0.1, 0.15) is 33.6 Å².